The van der Waals surface area contributed by atoms with E-state index in [0.717, 1.165) is 33.6 Å². The highest BCUT2D eigenvalue weighted by molar-refractivity contribution is 6.04. The zero-order chi connectivity index (χ0) is 18.1. The molecule has 4 heteroatoms. The van der Waals surface area contributed by atoms with Crippen molar-refractivity contribution in [2.75, 3.05) is 16.8 Å². The van der Waals surface area contributed by atoms with Crippen LogP contribution in [-0.4, -0.2) is 18.4 Å². The van der Waals surface area contributed by atoms with Gasteiger partial charge in [0.15, 0.2) is 0 Å². The van der Waals surface area contributed by atoms with Crippen LogP contribution in [0.25, 0.3) is 0 Å². The van der Waals surface area contributed by atoms with Crippen LogP contribution in [0, 0.1) is 33.6 Å². The van der Waals surface area contributed by atoms with Crippen LogP contribution in [0.1, 0.15) is 28.7 Å². The predicted octanol–water partition coefficient (Wildman–Crippen LogP) is 3.91. The molecule has 1 heterocycles. The first-order valence-electron chi connectivity index (χ1n) is 8.62. The molecule has 1 saturated heterocycles. The Morgan fingerprint density at radius 3 is 2.36 bits per heavy atom. The van der Waals surface area contributed by atoms with Gasteiger partial charge >= 0.3 is 0 Å². The molecule has 1 atom stereocenters. The van der Waals surface area contributed by atoms with Gasteiger partial charge < -0.3 is 10.2 Å². The van der Waals surface area contributed by atoms with Crippen LogP contribution < -0.4 is 10.2 Å². The third-order valence-electron chi connectivity index (χ3n) is 5.23. The molecular formula is C21H24N2O2. The third kappa shape index (κ3) is 3.29. The molecule has 0 unspecified atom stereocenters. The molecule has 2 amide bonds. The minimum Gasteiger partial charge on any atom is -0.326 e. The molecule has 1 fully saturated rings. The Labute approximate surface area is 148 Å². The van der Waals surface area contributed by atoms with Crippen LogP contribution in [0.5, 0.6) is 0 Å². The van der Waals surface area contributed by atoms with Crippen LogP contribution in [0.2, 0.25) is 0 Å². The van der Waals surface area contributed by atoms with E-state index in [4.69, 9.17) is 0 Å². The number of rotatable bonds is 3. The zero-order valence-corrected chi connectivity index (χ0v) is 15.2. The molecule has 2 aromatic carbocycles. The molecule has 0 radical (unpaired) electrons. The SMILES string of the molecule is Cc1cccc(NC(=O)[C@@H]2CC(=O)N(c3cccc(C)c3C)C2)c1C. The van der Waals surface area contributed by atoms with E-state index in [1.807, 2.05) is 64.1 Å². The maximum Gasteiger partial charge on any atom is 0.229 e. The highest BCUT2D eigenvalue weighted by atomic mass is 16.2. The number of hydrogen-bond donors (Lipinski definition) is 1. The first kappa shape index (κ1) is 17.2. The number of carbonyl (C=O) groups excluding carboxylic acids is 2. The molecule has 3 rings (SSSR count). The van der Waals surface area contributed by atoms with Gasteiger partial charge in [0.25, 0.3) is 0 Å². The Morgan fingerprint density at radius 1 is 1.00 bits per heavy atom. The van der Waals surface area contributed by atoms with E-state index in [2.05, 4.69) is 5.32 Å². The summed E-state index contributed by atoms with van der Waals surface area (Å²) >= 11 is 0. The monoisotopic (exact) mass is 336 g/mol. The van der Waals surface area contributed by atoms with E-state index in [-0.39, 0.29) is 24.2 Å². The maximum absolute atomic E-state index is 12.7. The molecule has 0 aromatic heterocycles. The lowest BCUT2D eigenvalue weighted by atomic mass is 10.1. The van der Waals surface area contributed by atoms with E-state index in [9.17, 15) is 9.59 Å². The molecule has 25 heavy (non-hydrogen) atoms. The van der Waals surface area contributed by atoms with Crippen molar-refractivity contribution in [3.63, 3.8) is 0 Å². The number of nitrogens with one attached hydrogen (secondary N) is 1. The Bertz CT molecular complexity index is 842. The van der Waals surface area contributed by atoms with E-state index < -0.39 is 0 Å². The number of aryl methyl sites for hydroxylation is 2. The number of benzene rings is 2. The quantitative estimate of drug-likeness (QED) is 0.924. The molecule has 4 nitrogen and oxygen atoms in total. The molecule has 0 bridgehead atoms. The first-order chi connectivity index (χ1) is 11.9. The van der Waals surface area contributed by atoms with Crippen LogP contribution in [-0.2, 0) is 9.59 Å². The van der Waals surface area contributed by atoms with Crippen molar-refractivity contribution in [1.82, 2.24) is 0 Å². The number of carbonyl (C=O) groups is 2. The Kier molecular flexibility index (Phi) is 4.62. The van der Waals surface area contributed by atoms with Gasteiger partial charge in [-0.25, -0.2) is 0 Å². The van der Waals surface area contributed by atoms with E-state index >= 15 is 0 Å². The van der Waals surface area contributed by atoms with Crippen LogP contribution in [0.15, 0.2) is 36.4 Å². The topological polar surface area (TPSA) is 49.4 Å². The maximum atomic E-state index is 12.7. The molecule has 1 aliphatic rings. The number of anilines is 2. The average molecular weight is 336 g/mol. The minimum atomic E-state index is -0.327. The van der Waals surface area contributed by atoms with Gasteiger partial charge in [0.2, 0.25) is 11.8 Å². The van der Waals surface area contributed by atoms with E-state index in [1.165, 1.54) is 0 Å². The van der Waals surface area contributed by atoms with Gasteiger partial charge in [-0.3, -0.25) is 9.59 Å². The smallest absolute Gasteiger partial charge is 0.229 e. The number of amides is 2. The van der Waals surface area contributed by atoms with Crippen molar-refractivity contribution in [2.45, 2.75) is 34.1 Å². The summed E-state index contributed by atoms with van der Waals surface area (Å²) in [6.07, 6.45) is 0.254. The molecule has 130 valence electrons. The van der Waals surface area contributed by atoms with Gasteiger partial charge in [-0.1, -0.05) is 24.3 Å². The second-order valence-electron chi connectivity index (χ2n) is 6.86. The highest BCUT2D eigenvalue weighted by Crippen LogP contribution is 2.30. The van der Waals surface area contributed by atoms with Gasteiger partial charge in [-0.2, -0.15) is 0 Å². The summed E-state index contributed by atoms with van der Waals surface area (Å²) in [7, 11) is 0. The molecule has 0 saturated carbocycles. The molecule has 0 spiro atoms. The van der Waals surface area contributed by atoms with Crippen molar-refractivity contribution in [2.24, 2.45) is 5.92 Å². The van der Waals surface area contributed by atoms with Crippen LogP contribution >= 0.6 is 0 Å². The third-order valence-corrected chi connectivity index (χ3v) is 5.23. The van der Waals surface area contributed by atoms with Crippen molar-refractivity contribution in [3.8, 4) is 0 Å². The number of nitrogens with zero attached hydrogens (tertiary/aromatic N) is 1. The normalized spacial score (nSPS) is 17.0. The largest absolute Gasteiger partial charge is 0.326 e. The fourth-order valence-corrected chi connectivity index (χ4v) is 3.27. The second-order valence-corrected chi connectivity index (χ2v) is 6.86. The van der Waals surface area contributed by atoms with Crippen molar-refractivity contribution >= 4 is 23.2 Å². The van der Waals surface area contributed by atoms with Crippen LogP contribution in [0.4, 0.5) is 11.4 Å². The second kappa shape index (κ2) is 6.71. The molecular weight excluding hydrogens is 312 g/mol. The summed E-state index contributed by atoms with van der Waals surface area (Å²) in [6.45, 7) is 8.49. The Hall–Kier alpha value is -2.62. The fraction of sp³-hybridized carbons (Fsp3) is 0.333. The molecule has 0 aliphatic carbocycles. The Morgan fingerprint density at radius 2 is 1.64 bits per heavy atom. The zero-order valence-electron chi connectivity index (χ0n) is 15.2. The summed E-state index contributed by atoms with van der Waals surface area (Å²) in [6, 6.07) is 11.8. The summed E-state index contributed by atoms with van der Waals surface area (Å²) in [5.41, 5.74) is 6.17. The predicted molar refractivity (Wildman–Crippen MR) is 101 cm³/mol. The standard InChI is InChI=1S/C21H24N2O2/c1-13-7-5-9-18(15(13)3)22-21(25)17-11-20(24)23(12-17)19-10-6-8-14(2)16(19)4/h5-10,17H,11-12H2,1-4H3,(H,22,25)/t17-/m1/s1. The minimum absolute atomic E-state index is 0.00909. The van der Waals surface area contributed by atoms with Gasteiger partial charge in [0, 0.05) is 24.3 Å². The van der Waals surface area contributed by atoms with Crippen molar-refractivity contribution < 1.29 is 9.59 Å². The lowest BCUT2D eigenvalue weighted by Crippen LogP contribution is -2.28. The van der Waals surface area contributed by atoms with Gasteiger partial charge in [-0.15, -0.1) is 0 Å². The van der Waals surface area contributed by atoms with Gasteiger partial charge in [-0.05, 0) is 62.1 Å². The summed E-state index contributed by atoms with van der Waals surface area (Å²) < 4.78 is 0. The first-order valence-corrected chi connectivity index (χ1v) is 8.62. The van der Waals surface area contributed by atoms with Gasteiger partial charge in [0.1, 0.15) is 0 Å². The fourth-order valence-electron chi connectivity index (χ4n) is 3.27. The average Bonchev–Trinajstić information content (AvgIpc) is 2.96. The summed E-state index contributed by atoms with van der Waals surface area (Å²) in [4.78, 5) is 26.9. The highest BCUT2D eigenvalue weighted by Gasteiger charge is 2.35. The molecule has 1 N–H and O–H groups in total. The van der Waals surface area contributed by atoms with E-state index in [1.54, 1.807) is 4.90 Å². The molecule has 1 aliphatic heterocycles. The summed E-state index contributed by atoms with van der Waals surface area (Å²) in [5, 5.41) is 2.99. The van der Waals surface area contributed by atoms with Crippen molar-refractivity contribution in [3.05, 3.63) is 58.7 Å². The lowest BCUT2D eigenvalue weighted by molar-refractivity contribution is -0.122. The van der Waals surface area contributed by atoms with Crippen molar-refractivity contribution in [1.29, 1.82) is 0 Å². The van der Waals surface area contributed by atoms with E-state index in [0.29, 0.717) is 6.54 Å². The summed E-state index contributed by atoms with van der Waals surface area (Å²) in [5.74, 6) is -0.406. The molecule has 2 aromatic rings. The lowest BCUT2D eigenvalue weighted by Gasteiger charge is -2.20. The number of hydrogen-bond acceptors (Lipinski definition) is 2. The van der Waals surface area contributed by atoms with Gasteiger partial charge in [0.05, 0.1) is 5.92 Å². The Balaban J connectivity index is 1.77. The van der Waals surface area contributed by atoms with Crippen LogP contribution in [0.3, 0.4) is 0 Å².